The monoisotopic (exact) mass is 432 g/mol. The molecule has 1 aliphatic rings. The first-order chi connectivity index (χ1) is 14.1. The molecule has 0 unspecified atom stereocenters. The van der Waals surface area contributed by atoms with Crippen LogP contribution in [0, 0.1) is 5.41 Å². The number of carbonyl (C=O) groups excluding carboxylic acids is 2. The summed E-state index contributed by atoms with van der Waals surface area (Å²) >= 11 is 6.09. The number of ether oxygens (including phenoxy) is 2. The van der Waals surface area contributed by atoms with E-state index in [1.54, 1.807) is 32.9 Å². The largest absolute Gasteiger partial charge is 0.343 e. The van der Waals surface area contributed by atoms with E-state index in [-0.39, 0.29) is 11.1 Å². The average molecular weight is 433 g/mol. The lowest BCUT2D eigenvalue weighted by Gasteiger charge is -2.28. The average Bonchev–Trinajstić information content (AvgIpc) is 3.19. The maximum absolute atomic E-state index is 12.9. The van der Waals surface area contributed by atoms with E-state index in [1.165, 1.54) is 18.5 Å². The van der Waals surface area contributed by atoms with Crippen molar-refractivity contribution in [3.05, 3.63) is 46.9 Å². The van der Waals surface area contributed by atoms with Crippen LogP contribution >= 0.6 is 11.6 Å². The van der Waals surface area contributed by atoms with Crippen molar-refractivity contribution in [3.8, 4) is 0 Å². The number of nitrogens with one attached hydrogen (secondary N) is 2. The SMILES string of the molecule is CCC1(c2cc(Cl)ncc2NC(=O)c2ccnc(NC(=O)C(C)(C)C)c2)OCCO1. The molecule has 2 amide bonds. The van der Waals surface area contributed by atoms with Crippen molar-refractivity contribution >= 4 is 34.9 Å². The zero-order valence-corrected chi connectivity index (χ0v) is 18.2. The zero-order chi connectivity index (χ0) is 21.9. The van der Waals surface area contributed by atoms with Crippen LogP contribution in [0.25, 0.3) is 0 Å². The lowest BCUT2D eigenvalue weighted by Crippen LogP contribution is -2.29. The third-order valence-electron chi connectivity index (χ3n) is 4.69. The van der Waals surface area contributed by atoms with Crippen molar-refractivity contribution in [1.82, 2.24) is 9.97 Å². The summed E-state index contributed by atoms with van der Waals surface area (Å²) in [6, 6.07) is 4.71. The second-order valence-corrected chi connectivity index (χ2v) is 8.33. The first-order valence-corrected chi connectivity index (χ1v) is 10.1. The highest BCUT2D eigenvalue weighted by Gasteiger charge is 2.39. The lowest BCUT2D eigenvalue weighted by molar-refractivity contribution is -0.167. The Kier molecular flexibility index (Phi) is 6.40. The van der Waals surface area contributed by atoms with E-state index in [0.29, 0.717) is 42.3 Å². The molecule has 0 spiro atoms. The summed E-state index contributed by atoms with van der Waals surface area (Å²) in [5, 5.41) is 5.83. The van der Waals surface area contributed by atoms with Crippen molar-refractivity contribution in [3.63, 3.8) is 0 Å². The van der Waals surface area contributed by atoms with Crippen LogP contribution in [0.4, 0.5) is 11.5 Å². The fraction of sp³-hybridized carbons (Fsp3) is 0.429. The van der Waals surface area contributed by atoms with Crippen LogP contribution in [0.3, 0.4) is 0 Å². The number of rotatable bonds is 5. The van der Waals surface area contributed by atoms with E-state index in [4.69, 9.17) is 21.1 Å². The second kappa shape index (κ2) is 8.67. The first kappa shape index (κ1) is 22.1. The molecule has 2 aromatic heterocycles. The van der Waals surface area contributed by atoms with Gasteiger partial charge in [-0.25, -0.2) is 9.97 Å². The number of aromatic nitrogens is 2. The molecule has 30 heavy (non-hydrogen) atoms. The Bertz CT molecular complexity index is 952. The van der Waals surface area contributed by atoms with E-state index < -0.39 is 17.1 Å². The first-order valence-electron chi connectivity index (χ1n) is 9.67. The van der Waals surface area contributed by atoms with Crippen LogP contribution in [0.5, 0.6) is 0 Å². The quantitative estimate of drug-likeness (QED) is 0.693. The second-order valence-electron chi connectivity index (χ2n) is 7.94. The molecule has 2 aromatic rings. The number of nitrogens with zero attached hydrogens (tertiary/aromatic N) is 2. The number of hydrogen-bond acceptors (Lipinski definition) is 6. The summed E-state index contributed by atoms with van der Waals surface area (Å²) in [7, 11) is 0. The molecule has 8 nitrogen and oxygen atoms in total. The normalized spacial score (nSPS) is 15.6. The standard InChI is InChI=1S/C21H25ClN4O4/c1-5-21(29-8-9-30-21)14-11-16(22)24-12-15(14)25-18(27)13-6-7-23-17(10-13)26-19(28)20(2,3)4/h6-7,10-12H,5,8-9H2,1-4H3,(H,25,27)(H,23,26,28). The number of pyridine rings is 2. The van der Waals surface area contributed by atoms with Gasteiger partial charge in [-0.1, -0.05) is 39.3 Å². The molecule has 0 bridgehead atoms. The zero-order valence-electron chi connectivity index (χ0n) is 17.4. The maximum atomic E-state index is 12.9. The van der Waals surface area contributed by atoms with Gasteiger partial charge < -0.3 is 20.1 Å². The van der Waals surface area contributed by atoms with Gasteiger partial charge in [0.1, 0.15) is 11.0 Å². The molecule has 1 saturated heterocycles. The van der Waals surface area contributed by atoms with Gasteiger partial charge in [0.25, 0.3) is 5.91 Å². The van der Waals surface area contributed by atoms with Crippen LogP contribution in [-0.2, 0) is 20.1 Å². The van der Waals surface area contributed by atoms with E-state index in [1.807, 2.05) is 6.92 Å². The minimum atomic E-state index is -0.987. The fourth-order valence-electron chi connectivity index (χ4n) is 2.99. The smallest absolute Gasteiger partial charge is 0.255 e. The summed E-state index contributed by atoms with van der Waals surface area (Å²) in [6.45, 7) is 8.21. The van der Waals surface area contributed by atoms with Gasteiger partial charge >= 0.3 is 0 Å². The van der Waals surface area contributed by atoms with E-state index in [2.05, 4.69) is 20.6 Å². The van der Waals surface area contributed by atoms with Crippen molar-refractivity contribution in [2.24, 2.45) is 5.41 Å². The molecule has 0 aromatic carbocycles. The number of anilines is 2. The Labute approximate surface area is 180 Å². The minimum Gasteiger partial charge on any atom is -0.343 e. The van der Waals surface area contributed by atoms with Crippen molar-refractivity contribution in [2.75, 3.05) is 23.8 Å². The Morgan fingerprint density at radius 2 is 1.87 bits per heavy atom. The molecule has 0 radical (unpaired) electrons. The summed E-state index contributed by atoms with van der Waals surface area (Å²) in [5.74, 6) is -1.28. The molecular formula is C21H25ClN4O4. The third-order valence-corrected chi connectivity index (χ3v) is 4.90. The van der Waals surface area contributed by atoms with Gasteiger partial charge in [0.05, 0.1) is 25.1 Å². The van der Waals surface area contributed by atoms with Crippen LogP contribution < -0.4 is 10.6 Å². The van der Waals surface area contributed by atoms with Crippen molar-refractivity contribution in [1.29, 1.82) is 0 Å². The van der Waals surface area contributed by atoms with Gasteiger partial charge in [0.2, 0.25) is 5.91 Å². The molecule has 2 N–H and O–H groups in total. The summed E-state index contributed by atoms with van der Waals surface area (Å²) in [5.41, 5.74) is 0.782. The van der Waals surface area contributed by atoms with Crippen molar-refractivity contribution in [2.45, 2.75) is 39.9 Å². The Balaban J connectivity index is 1.85. The molecule has 0 aliphatic carbocycles. The molecule has 3 heterocycles. The van der Waals surface area contributed by atoms with Crippen LogP contribution in [-0.4, -0.2) is 35.0 Å². The fourth-order valence-corrected chi connectivity index (χ4v) is 3.15. The molecule has 0 saturated carbocycles. The van der Waals surface area contributed by atoms with Gasteiger partial charge in [-0.3, -0.25) is 9.59 Å². The number of amides is 2. The molecule has 9 heteroatoms. The van der Waals surface area contributed by atoms with Gasteiger partial charge in [0, 0.05) is 29.2 Å². The van der Waals surface area contributed by atoms with Gasteiger partial charge in [-0.05, 0) is 18.2 Å². The van der Waals surface area contributed by atoms with E-state index >= 15 is 0 Å². The van der Waals surface area contributed by atoms with Crippen LogP contribution in [0.1, 0.15) is 50.0 Å². The molecule has 3 rings (SSSR count). The minimum absolute atomic E-state index is 0.197. The summed E-state index contributed by atoms with van der Waals surface area (Å²) in [6.07, 6.45) is 3.47. The predicted octanol–water partition coefficient (Wildman–Crippen LogP) is 3.98. The van der Waals surface area contributed by atoms with E-state index in [0.717, 1.165) is 0 Å². The van der Waals surface area contributed by atoms with Gasteiger partial charge in [-0.2, -0.15) is 0 Å². The molecule has 1 aliphatic heterocycles. The molecule has 0 atom stereocenters. The van der Waals surface area contributed by atoms with Crippen molar-refractivity contribution < 1.29 is 19.1 Å². The molecular weight excluding hydrogens is 408 g/mol. The van der Waals surface area contributed by atoms with Gasteiger partial charge in [-0.15, -0.1) is 0 Å². The van der Waals surface area contributed by atoms with Crippen LogP contribution in [0.2, 0.25) is 5.15 Å². The predicted molar refractivity (Wildman–Crippen MR) is 113 cm³/mol. The molecule has 1 fully saturated rings. The Morgan fingerprint density at radius 3 is 2.50 bits per heavy atom. The Hall–Kier alpha value is -2.55. The van der Waals surface area contributed by atoms with E-state index in [9.17, 15) is 9.59 Å². The highest BCUT2D eigenvalue weighted by atomic mass is 35.5. The number of halogens is 1. The highest BCUT2D eigenvalue weighted by molar-refractivity contribution is 6.29. The highest BCUT2D eigenvalue weighted by Crippen LogP contribution is 2.39. The topological polar surface area (TPSA) is 102 Å². The maximum Gasteiger partial charge on any atom is 0.255 e. The number of carbonyl (C=O) groups is 2. The summed E-state index contributed by atoms with van der Waals surface area (Å²) in [4.78, 5) is 33.3. The third kappa shape index (κ3) is 4.77. The molecule has 160 valence electrons. The lowest BCUT2D eigenvalue weighted by atomic mass is 9.96. The number of hydrogen-bond donors (Lipinski definition) is 2. The summed E-state index contributed by atoms with van der Waals surface area (Å²) < 4.78 is 11.7. The van der Waals surface area contributed by atoms with Gasteiger partial charge in [0.15, 0.2) is 5.79 Å². The Morgan fingerprint density at radius 1 is 1.17 bits per heavy atom. The van der Waals surface area contributed by atoms with Crippen LogP contribution in [0.15, 0.2) is 30.6 Å².